The predicted octanol–water partition coefficient (Wildman–Crippen LogP) is 4.25. The molecule has 0 spiro atoms. The van der Waals surface area contributed by atoms with E-state index in [9.17, 15) is 14.0 Å². The number of esters is 1. The van der Waals surface area contributed by atoms with Gasteiger partial charge in [-0.3, -0.25) is 4.79 Å². The topological polar surface area (TPSA) is 65.7 Å². The number of carbonyl (C=O) groups is 2. The second-order valence-corrected chi connectivity index (χ2v) is 5.52. The first-order chi connectivity index (χ1) is 12.6. The van der Waals surface area contributed by atoms with E-state index in [-0.39, 0.29) is 28.8 Å². The van der Waals surface area contributed by atoms with Gasteiger partial charge >= 0.3 is 5.97 Å². The Labute approximate surface area is 147 Å². The molecule has 2 heterocycles. The number of hydrogen-bond donors (Lipinski definition) is 0. The van der Waals surface area contributed by atoms with Crippen molar-refractivity contribution >= 4 is 17.8 Å². The lowest BCUT2D eigenvalue weighted by molar-refractivity contribution is 0.0701. The van der Waals surface area contributed by atoms with E-state index in [0.29, 0.717) is 11.1 Å². The number of Topliss-reactive ketones (excluding diaryl/α,β-unsaturated/α-hetero) is 1. The third-order valence-corrected chi connectivity index (χ3v) is 3.72. The third-order valence-electron chi connectivity index (χ3n) is 3.72. The molecule has 0 bridgehead atoms. The van der Waals surface area contributed by atoms with Crippen molar-refractivity contribution in [2.75, 3.05) is 0 Å². The predicted molar refractivity (Wildman–Crippen MR) is 89.4 cm³/mol. The van der Waals surface area contributed by atoms with Crippen molar-refractivity contribution in [3.05, 3.63) is 89.3 Å². The van der Waals surface area contributed by atoms with Gasteiger partial charge < -0.3 is 13.9 Å². The molecule has 1 aliphatic heterocycles. The molecular formula is C20H11FO5. The first-order valence-electron chi connectivity index (χ1n) is 7.70. The minimum Gasteiger partial charge on any atom is -0.457 e. The lowest BCUT2D eigenvalue weighted by Crippen LogP contribution is -2.07. The Kier molecular flexibility index (Phi) is 3.85. The molecule has 26 heavy (non-hydrogen) atoms. The monoisotopic (exact) mass is 350 g/mol. The molecule has 2 aromatic carbocycles. The summed E-state index contributed by atoms with van der Waals surface area (Å²) in [5.74, 6) is -0.779. The maximum atomic E-state index is 13.3. The molecule has 6 heteroatoms. The summed E-state index contributed by atoms with van der Waals surface area (Å²) in [5.41, 5.74) is 0.844. The third kappa shape index (κ3) is 3.00. The lowest BCUT2D eigenvalue weighted by atomic mass is 10.1. The van der Waals surface area contributed by atoms with Gasteiger partial charge in [0.25, 0.3) is 0 Å². The highest BCUT2D eigenvalue weighted by Gasteiger charge is 2.28. The molecule has 3 aromatic rings. The van der Waals surface area contributed by atoms with Crippen molar-refractivity contribution in [2.24, 2.45) is 0 Å². The van der Waals surface area contributed by atoms with Crippen molar-refractivity contribution in [3.8, 4) is 11.5 Å². The summed E-state index contributed by atoms with van der Waals surface area (Å²) in [5, 5.41) is 0. The van der Waals surface area contributed by atoms with Crippen molar-refractivity contribution in [1.29, 1.82) is 0 Å². The number of allylic oxidation sites excluding steroid dienone is 1. The maximum Gasteiger partial charge on any atom is 0.379 e. The van der Waals surface area contributed by atoms with Crippen molar-refractivity contribution in [2.45, 2.75) is 0 Å². The first kappa shape index (κ1) is 15.8. The van der Waals surface area contributed by atoms with Crippen LogP contribution in [-0.2, 0) is 0 Å². The number of halogens is 1. The van der Waals surface area contributed by atoms with Crippen LogP contribution in [-0.4, -0.2) is 11.8 Å². The molecule has 1 aromatic heterocycles. The minimum atomic E-state index is -0.658. The quantitative estimate of drug-likeness (QED) is 0.401. The van der Waals surface area contributed by atoms with Crippen LogP contribution in [0.15, 0.2) is 71.0 Å². The zero-order valence-corrected chi connectivity index (χ0v) is 13.3. The number of hydrogen-bond acceptors (Lipinski definition) is 5. The van der Waals surface area contributed by atoms with Crippen LogP contribution < -0.4 is 9.47 Å². The molecule has 0 saturated heterocycles. The summed E-state index contributed by atoms with van der Waals surface area (Å²) in [4.78, 5) is 24.3. The molecule has 0 saturated carbocycles. The highest BCUT2D eigenvalue weighted by Crippen LogP contribution is 2.35. The fourth-order valence-corrected chi connectivity index (χ4v) is 2.53. The van der Waals surface area contributed by atoms with Gasteiger partial charge in [0.15, 0.2) is 5.76 Å². The normalized spacial score (nSPS) is 14.2. The Balaban J connectivity index is 1.58. The van der Waals surface area contributed by atoms with Gasteiger partial charge in [-0.1, -0.05) is 12.1 Å². The number of ether oxygens (including phenoxy) is 2. The zero-order chi connectivity index (χ0) is 18.1. The SMILES string of the molecule is O=C(Oc1ccc2c(c1)O/C(=C/c1cccc(F)c1)C2=O)c1ccco1. The Morgan fingerprint density at radius 1 is 1.08 bits per heavy atom. The van der Waals surface area contributed by atoms with Gasteiger partial charge in [-0.15, -0.1) is 0 Å². The van der Waals surface area contributed by atoms with Crippen LogP contribution in [0.5, 0.6) is 11.5 Å². The first-order valence-corrected chi connectivity index (χ1v) is 7.70. The molecule has 0 N–H and O–H groups in total. The van der Waals surface area contributed by atoms with Crippen LogP contribution >= 0.6 is 0 Å². The van der Waals surface area contributed by atoms with E-state index in [0.717, 1.165) is 0 Å². The zero-order valence-electron chi connectivity index (χ0n) is 13.3. The molecule has 0 radical (unpaired) electrons. The Morgan fingerprint density at radius 2 is 1.96 bits per heavy atom. The summed E-state index contributed by atoms with van der Waals surface area (Å²) in [6, 6.07) is 13.3. The van der Waals surface area contributed by atoms with Gasteiger partial charge in [0.2, 0.25) is 11.5 Å². The van der Waals surface area contributed by atoms with Crippen LogP contribution in [0.4, 0.5) is 4.39 Å². The van der Waals surface area contributed by atoms with Gasteiger partial charge in [-0.25, -0.2) is 9.18 Å². The Bertz CT molecular complexity index is 1030. The van der Waals surface area contributed by atoms with Gasteiger partial charge in [0.1, 0.15) is 17.3 Å². The highest BCUT2D eigenvalue weighted by atomic mass is 19.1. The van der Waals surface area contributed by atoms with E-state index in [2.05, 4.69) is 0 Å². The molecule has 0 atom stereocenters. The van der Waals surface area contributed by atoms with E-state index in [4.69, 9.17) is 13.9 Å². The molecule has 0 aliphatic carbocycles. The van der Waals surface area contributed by atoms with E-state index >= 15 is 0 Å². The number of ketones is 1. The van der Waals surface area contributed by atoms with Gasteiger partial charge in [-0.05, 0) is 48.0 Å². The fraction of sp³-hybridized carbons (Fsp3) is 0. The summed E-state index contributed by atoms with van der Waals surface area (Å²) < 4.78 is 29.0. The summed E-state index contributed by atoms with van der Waals surface area (Å²) in [6.07, 6.45) is 2.82. The molecule has 5 nitrogen and oxygen atoms in total. The summed E-state index contributed by atoms with van der Waals surface area (Å²) in [6.45, 7) is 0. The lowest BCUT2D eigenvalue weighted by Gasteiger charge is -2.04. The highest BCUT2D eigenvalue weighted by molar-refractivity contribution is 6.14. The molecule has 128 valence electrons. The summed E-state index contributed by atoms with van der Waals surface area (Å²) >= 11 is 0. The van der Waals surface area contributed by atoms with E-state index in [1.807, 2.05) is 0 Å². The average Bonchev–Trinajstić information content (AvgIpc) is 3.24. The summed E-state index contributed by atoms with van der Waals surface area (Å²) in [7, 11) is 0. The average molecular weight is 350 g/mol. The second kappa shape index (κ2) is 6.33. The standard InChI is InChI=1S/C20H11FO5/c21-13-4-1-3-12(9-13)10-18-19(22)15-7-6-14(11-17(15)26-18)25-20(23)16-5-2-8-24-16/h1-11H/b18-10+. The van der Waals surface area contributed by atoms with Gasteiger partial charge in [0, 0.05) is 6.07 Å². The van der Waals surface area contributed by atoms with Crippen LogP contribution in [0.25, 0.3) is 6.08 Å². The molecular weight excluding hydrogens is 339 g/mol. The van der Waals surface area contributed by atoms with Crippen molar-refractivity contribution in [3.63, 3.8) is 0 Å². The molecule has 4 rings (SSSR count). The van der Waals surface area contributed by atoms with Gasteiger partial charge in [-0.2, -0.15) is 0 Å². The number of fused-ring (bicyclic) bond motifs is 1. The largest absolute Gasteiger partial charge is 0.457 e. The Morgan fingerprint density at radius 3 is 2.73 bits per heavy atom. The number of rotatable bonds is 3. The van der Waals surface area contributed by atoms with E-state index < -0.39 is 11.8 Å². The van der Waals surface area contributed by atoms with Crippen LogP contribution in [0.3, 0.4) is 0 Å². The number of furan rings is 1. The molecule has 0 amide bonds. The van der Waals surface area contributed by atoms with Gasteiger partial charge in [0.05, 0.1) is 11.8 Å². The van der Waals surface area contributed by atoms with Crippen LogP contribution in [0.1, 0.15) is 26.5 Å². The number of carbonyl (C=O) groups excluding carboxylic acids is 2. The van der Waals surface area contributed by atoms with Crippen LogP contribution in [0.2, 0.25) is 0 Å². The molecule has 1 aliphatic rings. The maximum absolute atomic E-state index is 13.3. The number of benzene rings is 2. The van der Waals surface area contributed by atoms with Crippen LogP contribution in [0, 0.1) is 5.82 Å². The van der Waals surface area contributed by atoms with E-state index in [1.54, 1.807) is 18.2 Å². The van der Waals surface area contributed by atoms with Crippen molar-refractivity contribution < 1.29 is 27.9 Å². The second-order valence-electron chi connectivity index (χ2n) is 5.52. The minimum absolute atomic E-state index is 0.0641. The van der Waals surface area contributed by atoms with Crippen molar-refractivity contribution in [1.82, 2.24) is 0 Å². The molecule has 0 fully saturated rings. The molecule has 0 unspecified atom stereocenters. The van der Waals surface area contributed by atoms with E-state index in [1.165, 1.54) is 48.7 Å². The fourth-order valence-electron chi connectivity index (χ4n) is 2.53. The Hall–Kier alpha value is -3.67. The smallest absolute Gasteiger partial charge is 0.379 e.